The maximum atomic E-state index is 11.6. The summed E-state index contributed by atoms with van der Waals surface area (Å²) >= 11 is 0. The number of hydrogen-bond donors (Lipinski definition) is 2. The fourth-order valence-corrected chi connectivity index (χ4v) is 0.371. The Morgan fingerprint density at radius 2 is 1.91 bits per heavy atom. The number of hydrogen-bond acceptors (Lipinski definition) is 2. The molecule has 5 heteroatoms. The zero-order valence-corrected chi connectivity index (χ0v) is 6.21. The summed E-state index contributed by atoms with van der Waals surface area (Å²) in [5, 5.41) is 9.02. The molecule has 0 saturated carbocycles. The lowest BCUT2D eigenvalue weighted by Crippen LogP contribution is -2.21. The van der Waals surface area contributed by atoms with Crippen LogP contribution < -0.4 is 5.32 Å². The van der Waals surface area contributed by atoms with E-state index in [1.54, 1.807) is 0 Å². The van der Waals surface area contributed by atoms with Crippen LogP contribution in [0.4, 0.5) is 13.2 Å². The predicted octanol–water partition coefficient (Wildman–Crippen LogP) is 1.69. The summed E-state index contributed by atoms with van der Waals surface area (Å²) in [5.41, 5.74) is -1.03. The van der Waals surface area contributed by atoms with Gasteiger partial charge < -0.3 is 5.32 Å². The lowest BCUT2D eigenvalue weighted by molar-refractivity contribution is -0.0584. The second-order valence-electron chi connectivity index (χ2n) is 1.99. The number of nitrogens with one attached hydrogen (secondary N) is 2. The van der Waals surface area contributed by atoms with Gasteiger partial charge in [-0.15, -0.1) is 0 Å². The highest BCUT2D eigenvalue weighted by atomic mass is 19.4. The minimum absolute atomic E-state index is 0.312. The monoisotopic (exact) mass is 166 g/mol. The van der Waals surface area contributed by atoms with Gasteiger partial charge in [0, 0.05) is 12.7 Å². The van der Waals surface area contributed by atoms with Crippen LogP contribution in [0.2, 0.25) is 0 Å². The molecule has 0 unspecified atom stereocenters. The first-order chi connectivity index (χ1) is 4.88. The molecule has 0 amide bonds. The Morgan fingerprint density at radius 3 is 2.18 bits per heavy atom. The van der Waals surface area contributed by atoms with Crippen molar-refractivity contribution in [3.8, 4) is 0 Å². The van der Waals surface area contributed by atoms with Gasteiger partial charge in [-0.2, -0.15) is 13.2 Å². The average Bonchev–Trinajstić information content (AvgIpc) is 1.85. The molecule has 0 aliphatic carbocycles. The van der Waals surface area contributed by atoms with E-state index in [2.05, 4.69) is 5.32 Å². The molecule has 0 atom stereocenters. The van der Waals surface area contributed by atoms with Crippen molar-refractivity contribution in [2.75, 3.05) is 7.05 Å². The first-order valence-electron chi connectivity index (χ1n) is 2.89. The topological polar surface area (TPSA) is 35.9 Å². The molecule has 0 heterocycles. The number of allylic oxidation sites excluding steroid dienone is 2. The molecule has 0 aromatic rings. The van der Waals surface area contributed by atoms with Crippen LogP contribution in [0, 0.1) is 5.41 Å². The van der Waals surface area contributed by atoms with E-state index in [1.165, 1.54) is 14.0 Å². The van der Waals surface area contributed by atoms with Gasteiger partial charge in [0.05, 0.1) is 0 Å². The third-order valence-electron chi connectivity index (χ3n) is 1.06. The Balaban J connectivity index is 4.30. The van der Waals surface area contributed by atoms with Crippen LogP contribution in [-0.2, 0) is 0 Å². The molecule has 0 spiro atoms. The normalized spacial score (nSPS) is 13.0. The van der Waals surface area contributed by atoms with Crippen LogP contribution in [0.1, 0.15) is 6.92 Å². The summed E-state index contributed by atoms with van der Waals surface area (Å²) in [6, 6.07) is 0. The molecular formula is C6H9F3N2. The van der Waals surface area contributed by atoms with E-state index in [1.807, 2.05) is 0 Å². The molecule has 0 aromatic heterocycles. The molecule has 2 nitrogen and oxygen atoms in total. The van der Waals surface area contributed by atoms with Crippen molar-refractivity contribution in [2.45, 2.75) is 13.1 Å². The van der Waals surface area contributed by atoms with Gasteiger partial charge in [0.15, 0.2) is 0 Å². The lowest BCUT2D eigenvalue weighted by atomic mass is 10.3. The first-order valence-corrected chi connectivity index (χ1v) is 2.89. The van der Waals surface area contributed by atoms with E-state index in [0.717, 1.165) is 6.08 Å². The Labute approximate surface area is 62.6 Å². The Bertz CT molecular complexity index is 181. The van der Waals surface area contributed by atoms with Crippen molar-refractivity contribution < 1.29 is 13.2 Å². The van der Waals surface area contributed by atoms with Gasteiger partial charge >= 0.3 is 6.18 Å². The largest absolute Gasteiger partial charge is 0.432 e. The minimum atomic E-state index is -4.54. The van der Waals surface area contributed by atoms with Gasteiger partial charge in [-0.1, -0.05) is 0 Å². The Morgan fingerprint density at radius 1 is 1.45 bits per heavy atom. The van der Waals surface area contributed by atoms with Crippen LogP contribution in [-0.4, -0.2) is 18.9 Å². The van der Waals surface area contributed by atoms with Gasteiger partial charge in [-0.05, 0) is 13.0 Å². The quantitative estimate of drug-likeness (QED) is 0.601. The van der Waals surface area contributed by atoms with Crippen molar-refractivity contribution in [1.29, 1.82) is 5.41 Å². The number of halogens is 3. The van der Waals surface area contributed by atoms with Gasteiger partial charge in [-0.3, -0.25) is 5.41 Å². The second-order valence-corrected chi connectivity index (χ2v) is 1.99. The lowest BCUT2D eigenvalue weighted by Gasteiger charge is -2.04. The van der Waals surface area contributed by atoms with Crippen LogP contribution in [0.5, 0.6) is 0 Å². The smallest absolute Gasteiger partial charge is 0.392 e. The Hall–Kier alpha value is -1.00. The Kier molecular flexibility index (Phi) is 3.10. The molecule has 0 aliphatic rings. The second kappa shape index (κ2) is 3.41. The zero-order valence-electron chi connectivity index (χ0n) is 6.21. The molecule has 2 N–H and O–H groups in total. The van der Waals surface area contributed by atoms with Crippen molar-refractivity contribution in [2.24, 2.45) is 0 Å². The van der Waals surface area contributed by atoms with Crippen LogP contribution in [0.15, 0.2) is 11.8 Å². The van der Waals surface area contributed by atoms with Crippen molar-refractivity contribution in [3.05, 3.63) is 11.8 Å². The van der Waals surface area contributed by atoms with E-state index in [9.17, 15) is 13.2 Å². The third-order valence-corrected chi connectivity index (χ3v) is 1.06. The summed E-state index contributed by atoms with van der Waals surface area (Å²) < 4.78 is 34.9. The summed E-state index contributed by atoms with van der Waals surface area (Å²) in [6.07, 6.45) is -3.81. The van der Waals surface area contributed by atoms with E-state index >= 15 is 0 Å². The number of alkyl halides is 3. The average molecular weight is 166 g/mol. The van der Waals surface area contributed by atoms with E-state index < -0.39 is 11.9 Å². The van der Waals surface area contributed by atoms with Gasteiger partial charge in [-0.25, -0.2) is 0 Å². The molecule has 0 saturated heterocycles. The van der Waals surface area contributed by atoms with Gasteiger partial charge in [0.1, 0.15) is 5.71 Å². The summed E-state index contributed by atoms with van der Waals surface area (Å²) in [5.74, 6) is 0. The van der Waals surface area contributed by atoms with Gasteiger partial charge in [0.25, 0.3) is 0 Å². The SMILES string of the molecule is CN/C(C)=C\C(=N)C(F)(F)F. The molecule has 0 aromatic carbocycles. The summed E-state index contributed by atoms with van der Waals surface area (Å²) in [7, 11) is 1.50. The molecule has 0 aliphatic heterocycles. The molecule has 0 radical (unpaired) electrons. The highest BCUT2D eigenvalue weighted by molar-refractivity contribution is 5.97. The van der Waals surface area contributed by atoms with E-state index in [0.29, 0.717) is 5.70 Å². The molecule has 0 bridgehead atoms. The number of rotatable bonds is 2. The van der Waals surface area contributed by atoms with Crippen LogP contribution in [0.25, 0.3) is 0 Å². The third kappa shape index (κ3) is 3.64. The van der Waals surface area contributed by atoms with Crippen LogP contribution >= 0.6 is 0 Å². The fraction of sp³-hybridized carbons (Fsp3) is 0.500. The van der Waals surface area contributed by atoms with Crippen molar-refractivity contribution >= 4 is 5.71 Å². The van der Waals surface area contributed by atoms with Crippen molar-refractivity contribution in [1.82, 2.24) is 5.32 Å². The molecule has 0 rings (SSSR count). The van der Waals surface area contributed by atoms with Gasteiger partial charge in [0.2, 0.25) is 0 Å². The van der Waals surface area contributed by atoms with Crippen molar-refractivity contribution in [3.63, 3.8) is 0 Å². The highest BCUT2D eigenvalue weighted by Gasteiger charge is 2.32. The standard InChI is InChI=1S/C6H9F3N2/c1-4(11-2)3-5(10)6(7,8)9/h3,10-11H,1-2H3/b4-3-,10-5?. The van der Waals surface area contributed by atoms with E-state index in [-0.39, 0.29) is 0 Å². The van der Waals surface area contributed by atoms with E-state index in [4.69, 9.17) is 5.41 Å². The molecule has 0 fully saturated rings. The zero-order chi connectivity index (χ0) is 9.07. The molecule has 64 valence electrons. The maximum absolute atomic E-state index is 11.6. The molecular weight excluding hydrogens is 157 g/mol. The fourth-order valence-electron chi connectivity index (χ4n) is 0.371. The molecule has 11 heavy (non-hydrogen) atoms. The maximum Gasteiger partial charge on any atom is 0.432 e. The first kappa shape index (κ1) is 10.0. The summed E-state index contributed by atoms with van der Waals surface area (Å²) in [6.45, 7) is 1.46. The predicted molar refractivity (Wildman–Crippen MR) is 36.6 cm³/mol. The minimum Gasteiger partial charge on any atom is -0.392 e. The van der Waals surface area contributed by atoms with Crippen LogP contribution in [0.3, 0.4) is 0 Å². The highest BCUT2D eigenvalue weighted by Crippen LogP contribution is 2.17. The summed E-state index contributed by atoms with van der Waals surface area (Å²) in [4.78, 5) is 0.